The number of ether oxygens (including phenoxy) is 2. The van der Waals surface area contributed by atoms with E-state index in [0.29, 0.717) is 35.1 Å². The fourth-order valence-corrected chi connectivity index (χ4v) is 9.49. The van der Waals surface area contributed by atoms with Gasteiger partial charge in [-0.1, -0.05) is 39.3 Å². The van der Waals surface area contributed by atoms with Crippen LogP contribution in [0.4, 0.5) is 0 Å². The molecule has 10 atom stereocenters. The zero-order valence-electron chi connectivity index (χ0n) is 19.4. The molecule has 0 aromatic carbocycles. The Balaban J connectivity index is 1.29. The third kappa shape index (κ3) is 2.48. The van der Waals surface area contributed by atoms with Crippen LogP contribution in [0.2, 0.25) is 0 Å². The van der Waals surface area contributed by atoms with Gasteiger partial charge in [-0.05, 0) is 78.9 Å². The van der Waals surface area contributed by atoms with Crippen molar-refractivity contribution in [3.05, 3.63) is 11.6 Å². The highest BCUT2D eigenvalue weighted by Crippen LogP contribution is 2.70. The first-order valence-electron chi connectivity index (χ1n) is 12.8. The van der Waals surface area contributed by atoms with Gasteiger partial charge in [0.2, 0.25) is 0 Å². The molecule has 0 aromatic rings. The largest absolute Gasteiger partial charge is 0.349 e. The van der Waals surface area contributed by atoms with Gasteiger partial charge in [-0.15, -0.1) is 0 Å². The Labute approximate surface area is 182 Å². The fraction of sp³-hybridized carbons (Fsp3) is 0.889. The van der Waals surface area contributed by atoms with Crippen LogP contribution in [-0.2, 0) is 14.3 Å². The number of hydrogen-bond donors (Lipinski definition) is 0. The van der Waals surface area contributed by atoms with Crippen molar-refractivity contribution >= 4 is 5.78 Å². The van der Waals surface area contributed by atoms with Crippen LogP contribution in [0, 0.1) is 46.3 Å². The van der Waals surface area contributed by atoms with E-state index in [4.69, 9.17) is 9.47 Å². The predicted octanol–water partition coefficient (Wildman–Crippen LogP) is 5.92. The molecule has 0 N–H and O–H groups in total. The van der Waals surface area contributed by atoms with Crippen molar-refractivity contribution in [3.63, 3.8) is 0 Å². The van der Waals surface area contributed by atoms with Crippen molar-refractivity contribution in [2.24, 2.45) is 46.3 Å². The summed E-state index contributed by atoms with van der Waals surface area (Å²) in [7, 11) is 0. The van der Waals surface area contributed by atoms with Gasteiger partial charge >= 0.3 is 0 Å². The molecule has 166 valence electrons. The second-order valence-electron chi connectivity index (χ2n) is 12.5. The van der Waals surface area contributed by atoms with Crippen molar-refractivity contribution in [3.8, 4) is 0 Å². The lowest BCUT2D eigenvalue weighted by Crippen LogP contribution is -2.52. The van der Waals surface area contributed by atoms with E-state index in [2.05, 4.69) is 33.8 Å². The van der Waals surface area contributed by atoms with Gasteiger partial charge in [0.25, 0.3) is 0 Å². The Kier molecular flexibility index (Phi) is 4.29. The molecule has 0 aromatic heterocycles. The average Bonchev–Trinajstić information content (AvgIpc) is 3.16. The molecule has 30 heavy (non-hydrogen) atoms. The van der Waals surface area contributed by atoms with E-state index >= 15 is 0 Å². The number of carbonyl (C=O) groups is 1. The topological polar surface area (TPSA) is 35.5 Å². The van der Waals surface area contributed by atoms with Crippen LogP contribution in [0.3, 0.4) is 0 Å². The first kappa shape index (κ1) is 20.0. The number of rotatable bonds is 0. The van der Waals surface area contributed by atoms with Gasteiger partial charge < -0.3 is 9.47 Å². The Morgan fingerprint density at radius 3 is 2.67 bits per heavy atom. The first-order valence-corrected chi connectivity index (χ1v) is 12.8. The van der Waals surface area contributed by atoms with Crippen LogP contribution in [0.25, 0.3) is 0 Å². The first-order chi connectivity index (χ1) is 14.3. The summed E-state index contributed by atoms with van der Waals surface area (Å²) in [5.74, 6) is 4.26. The zero-order chi connectivity index (χ0) is 20.9. The Bertz CT molecular complexity index is 777. The summed E-state index contributed by atoms with van der Waals surface area (Å²) in [5, 5.41) is 0. The standard InChI is InChI=1S/C27H40O3/c1-16-7-12-27(29-15-16)17(2)24-23(30-27)14-22-20-6-5-18-13-19(28)8-10-25(18,3)21(20)9-11-26(22,24)4/h5,16-17,20-24H,6-15H2,1-4H3/t16-,17+,20-,21+,22+,23+,24+,25+,26+,27-/m1/s1. The van der Waals surface area contributed by atoms with E-state index in [9.17, 15) is 4.79 Å². The zero-order valence-corrected chi connectivity index (χ0v) is 19.4. The Hall–Kier alpha value is -0.670. The molecule has 3 saturated carbocycles. The Morgan fingerprint density at radius 1 is 1.07 bits per heavy atom. The van der Waals surface area contributed by atoms with E-state index in [0.717, 1.165) is 50.0 Å². The number of hydrogen-bond acceptors (Lipinski definition) is 3. The molecule has 6 aliphatic rings. The molecule has 6 rings (SSSR count). The number of fused-ring (bicyclic) bond motifs is 7. The molecule has 5 fully saturated rings. The second kappa shape index (κ2) is 6.44. The molecule has 0 radical (unpaired) electrons. The maximum absolute atomic E-state index is 12.1. The maximum atomic E-state index is 12.1. The van der Waals surface area contributed by atoms with Gasteiger partial charge in [-0.2, -0.15) is 0 Å². The van der Waals surface area contributed by atoms with Gasteiger partial charge in [-0.3, -0.25) is 4.79 Å². The van der Waals surface area contributed by atoms with Gasteiger partial charge in [0.15, 0.2) is 5.79 Å². The van der Waals surface area contributed by atoms with Gasteiger partial charge in [0.05, 0.1) is 12.7 Å². The monoisotopic (exact) mass is 412 g/mol. The second-order valence-corrected chi connectivity index (χ2v) is 12.5. The van der Waals surface area contributed by atoms with Crippen LogP contribution in [0.15, 0.2) is 11.6 Å². The highest BCUT2D eigenvalue weighted by Gasteiger charge is 2.68. The molecular formula is C27H40O3. The molecule has 0 unspecified atom stereocenters. The lowest BCUT2D eigenvalue weighted by atomic mass is 9.47. The van der Waals surface area contributed by atoms with E-state index < -0.39 is 0 Å². The molecule has 3 nitrogen and oxygen atoms in total. The number of allylic oxidation sites excluding steroid dienone is 2. The summed E-state index contributed by atoms with van der Waals surface area (Å²) >= 11 is 0. The fourth-order valence-electron chi connectivity index (χ4n) is 9.49. The quantitative estimate of drug-likeness (QED) is 0.463. The highest BCUT2D eigenvalue weighted by atomic mass is 16.7. The van der Waals surface area contributed by atoms with Crippen LogP contribution in [0.5, 0.6) is 0 Å². The molecule has 1 spiro atoms. The minimum Gasteiger partial charge on any atom is -0.349 e. The van der Waals surface area contributed by atoms with Crippen molar-refractivity contribution in [2.75, 3.05) is 6.61 Å². The molecule has 0 amide bonds. The SMILES string of the molecule is C[C@@H]1CC[C@@]2(OC1)O[C@H]1C[C@H]3[C@@H]4CC=C5CC(=O)CC[C@]5(C)[C@H]4CC[C@]3(C)[C@H]1[C@@H]2C. The summed E-state index contributed by atoms with van der Waals surface area (Å²) in [6.45, 7) is 10.7. The molecule has 2 heterocycles. The summed E-state index contributed by atoms with van der Waals surface area (Å²) in [6, 6.07) is 0. The molecule has 4 aliphatic carbocycles. The highest BCUT2D eigenvalue weighted by molar-refractivity contribution is 5.82. The smallest absolute Gasteiger partial charge is 0.171 e. The van der Waals surface area contributed by atoms with Crippen LogP contribution >= 0.6 is 0 Å². The van der Waals surface area contributed by atoms with Crippen LogP contribution < -0.4 is 0 Å². The van der Waals surface area contributed by atoms with E-state index in [-0.39, 0.29) is 11.2 Å². The van der Waals surface area contributed by atoms with Crippen LogP contribution in [-0.4, -0.2) is 24.3 Å². The number of carbonyl (C=O) groups excluding carboxylic acids is 1. The predicted molar refractivity (Wildman–Crippen MR) is 117 cm³/mol. The van der Waals surface area contributed by atoms with Crippen molar-refractivity contribution in [2.45, 2.75) is 97.4 Å². The average molecular weight is 413 g/mol. The minimum atomic E-state index is -0.304. The molecule has 0 bridgehead atoms. The van der Waals surface area contributed by atoms with Gasteiger partial charge in [0, 0.05) is 25.2 Å². The van der Waals surface area contributed by atoms with Crippen molar-refractivity contribution in [1.29, 1.82) is 0 Å². The minimum absolute atomic E-state index is 0.270. The van der Waals surface area contributed by atoms with Gasteiger partial charge in [0.1, 0.15) is 5.78 Å². The lowest BCUT2D eigenvalue weighted by Gasteiger charge is -2.58. The summed E-state index contributed by atoms with van der Waals surface area (Å²) in [4.78, 5) is 12.1. The van der Waals surface area contributed by atoms with E-state index in [1.807, 2.05) is 0 Å². The van der Waals surface area contributed by atoms with E-state index in [1.54, 1.807) is 0 Å². The summed E-state index contributed by atoms with van der Waals surface area (Å²) in [5.41, 5.74) is 2.13. The third-order valence-electron chi connectivity index (χ3n) is 11.2. The third-order valence-corrected chi connectivity index (χ3v) is 11.2. The molecule has 3 heteroatoms. The van der Waals surface area contributed by atoms with Gasteiger partial charge in [-0.25, -0.2) is 0 Å². The molecule has 2 saturated heterocycles. The molecular weight excluding hydrogens is 372 g/mol. The summed E-state index contributed by atoms with van der Waals surface area (Å²) < 4.78 is 13.3. The molecule has 2 aliphatic heterocycles. The maximum Gasteiger partial charge on any atom is 0.171 e. The Morgan fingerprint density at radius 2 is 1.90 bits per heavy atom. The van der Waals surface area contributed by atoms with Crippen molar-refractivity contribution < 1.29 is 14.3 Å². The van der Waals surface area contributed by atoms with Crippen molar-refractivity contribution in [1.82, 2.24) is 0 Å². The number of ketones is 1. The normalized spacial score (nSPS) is 57.4. The van der Waals surface area contributed by atoms with E-state index in [1.165, 1.54) is 37.7 Å². The lowest BCUT2D eigenvalue weighted by molar-refractivity contribution is -0.272. The summed E-state index contributed by atoms with van der Waals surface area (Å²) in [6.07, 6.45) is 12.9. The number of Topliss-reactive ketones (excluding diaryl/α,β-unsaturated/α-hetero) is 1. The van der Waals surface area contributed by atoms with Crippen LogP contribution in [0.1, 0.15) is 85.5 Å².